The highest BCUT2D eigenvalue weighted by Crippen LogP contribution is 2.52. The van der Waals surface area contributed by atoms with E-state index in [-0.39, 0.29) is 11.9 Å². The second-order valence-electron chi connectivity index (χ2n) is 7.71. The molecular formula is C22H24ClN3O3S. The second-order valence-corrected chi connectivity index (χ2v) is 8.54. The summed E-state index contributed by atoms with van der Waals surface area (Å²) in [6, 6.07) is 12.7. The van der Waals surface area contributed by atoms with Crippen molar-refractivity contribution < 1.29 is 14.3 Å². The molecule has 2 aliphatic rings. The van der Waals surface area contributed by atoms with Gasteiger partial charge >= 0.3 is 0 Å². The summed E-state index contributed by atoms with van der Waals surface area (Å²) in [5.41, 5.74) is 0.575. The van der Waals surface area contributed by atoms with E-state index in [4.69, 9.17) is 33.3 Å². The molecule has 0 saturated carbocycles. The van der Waals surface area contributed by atoms with Crippen molar-refractivity contribution in [3.63, 3.8) is 0 Å². The van der Waals surface area contributed by atoms with Gasteiger partial charge in [-0.2, -0.15) is 0 Å². The minimum atomic E-state index is -1.07. The molecular weight excluding hydrogens is 422 g/mol. The van der Waals surface area contributed by atoms with Crippen molar-refractivity contribution in [3.8, 4) is 11.5 Å². The van der Waals surface area contributed by atoms with Crippen LogP contribution in [0.25, 0.3) is 0 Å². The second kappa shape index (κ2) is 7.63. The number of hydrogen-bond donors (Lipinski definition) is 1. The number of fused-ring (bicyclic) bond motifs is 4. The maximum Gasteiger partial charge on any atom is 0.233 e. The molecule has 2 aliphatic heterocycles. The number of nitrogens with one attached hydrogen (secondary N) is 1. The predicted molar refractivity (Wildman–Crippen MR) is 121 cm³/mol. The fourth-order valence-electron chi connectivity index (χ4n) is 4.27. The Bertz CT molecular complexity index is 998. The summed E-state index contributed by atoms with van der Waals surface area (Å²) in [5.74, 6) is 0.680. The number of nitrogens with zero attached hydrogens (tertiary/aromatic N) is 2. The van der Waals surface area contributed by atoms with E-state index in [0.29, 0.717) is 28.2 Å². The van der Waals surface area contributed by atoms with Gasteiger partial charge < -0.3 is 19.7 Å². The van der Waals surface area contributed by atoms with Crippen LogP contribution in [0.1, 0.15) is 25.5 Å². The van der Waals surface area contributed by atoms with E-state index in [1.54, 1.807) is 31.1 Å². The monoisotopic (exact) mass is 445 g/mol. The smallest absolute Gasteiger partial charge is 0.233 e. The Kier molecular flexibility index (Phi) is 5.28. The number of benzene rings is 2. The summed E-state index contributed by atoms with van der Waals surface area (Å²) in [6.07, 6.45) is 0. The first kappa shape index (κ1) is 20.8. The van der Waals surface area contributed by atoms with Crippen molar-refractivity contribution in [1.82, 2.24) is 10.2 Å². The molecule has 2 heterocycles. The minimum absolute atomic E-state index is 0.0519. The summed E-state index contributed by atoms with van der Waals surface area (Å²) in [6.45, 7) is 4.34. The topological polar surface area (TPSA) is 54.0 Å². The van der Waals surface area contributed by atoms with E-state index in [0.717, 1.165) is 11.3 Å². The van der Waals surface area contributed by atoms with Crippen LogP contribution < -0.4 is 19.7 Å². The lowest BCUT2D eigenvalue weighted by Gasteiger charge is -2.56. The van der Waals surface area contributed by atoms with Gasteiger partial charge in [0.2, 0.25) is 5.91 Å². The highest BCUT2D eigenvalue weighted by molar-refractivity contribution is 7.80. The van der Waals surface area contributed by atoms with Crippen LogP contribution >= 0.6 is 23.8 Å². The molecule has 0 aromatic heterocycles. The molecule has 0 spiro atoms. The first-order chi connectivity index (χ1) is 14.3. The van der Waals surface area contributed by atoms with Gasteiger partial charge in [0.25, 0.3) is 0 Å². The van der Waals surface area contributed by atoms with Crippen molar-refractivity contribution >= 4 is 40.5 Å². The van der Waals surface area contributed by atoms with Gasteiger partial charge in [0, 0.05) is 30.4 Å². The number of carbonyl (C=O) groups excluding carboxylic acids is 1. The molecule has 1 amide bonds. The van der Waals surface area contributed by atoms with Gasteiger partial charge in [0.05, 0.1) is 12.6 Å². The molecule has 0 aliphatic carbocycles. The SMILES string of the molecule is CCOc1cccc2c1OC1(C)C(C(=O)N(C)C)C2NC(=S)N1c1ccc(Cl)cc1. The van der Waals surface area contributed by atoms with Gasteiger partial charge in [-0.3, -0.25) is 9.69 Å². The molecule has 1 N–H and O–H groups in total. The Morgan fingerprint density at radius 1 is 1.30 bits per heavy atom. The van der Waals surface area contributed by atoms with Crippen molar-refractivity contribution in [1.29, 1.82) is 0 Å². The lowest BCUT2D eigenvalue weighted by molar-refractivity contribution is -0.144. The quantitative estimate of drug-likeness (QED) is 0.718. The van der Waals surface area contributed by atoms with Crippen LogP contribution in [0.2, 0.25) is 5.02 Å². The highest BCUT2D eigenvalue weighted by Gasteiger charge is 2.59. The number of amides is 1. The van der Waals surface area contributed by atoms with Crippen molar-refractivity contribution in [2.75, 3.05) is 25.6 Å². The number of ether oxygens (including phenoxy) is 2. The minimum Gasteiger partial charge on any atom is -0.490 e. The Morgan fingerprint density at radius 3 is 2.63 bits per heavy atom. The first-order valence-electron chi connectivity index (χ1n) is 9.80. The summed E-state index contributed by atoms with van der Waals surface area (Å²) >= 11 is 11.8. The van der Waals surface area contributed by atoms with Gasteiger partial charge in [-0.25, -0.2) is 0 Å². The number of thiocarbonyl (C=S) groups is 1. The normalized spacial score (nSPS) is 24.4. The summed E-state index contributed by atoms with van der Waals surface area (Å²) < 4.78 is 12.4. The Balaban J connectivity index is 1.92. The molecule has 4 rings (SSSR count). The van der Waals surface area contributed by atoms with E-state index in [1.807, 2.05) is 49.1 Å². The summed E-state index contributed by atoms with van der Waals surface area (Å²) in [5, 5.41) is 4.49. The van der Waals surface area contributed by atoms with Gasteiger partial charge in [0.1, 0.15) is 5.92 Å². The van der Waals surface area contributed by atoms with E-state index in [2.05, 4.69) is 5.32 Å². The van der Waals surface area contributed by atoms with Crippen LogP contribution in [0.15, 0.2) is 42.5 Å². The van der Waals surface area contributed by atoms with Gasteiger partial charge in [-0.1, -0.05) is 23.7 Å². The number of para-hydroxylation sites is 1. The fourth-order valence-corrected chi connectivity index (χ4v) is 4.81. The Morgan fingerprint density at radius 2 is 2.00 bits per heavy atom. The molecule has 8 heteroatoms. The van der Waals surface area contributed by atoms with Crippen molar-refractivity contribution in [2.45, 2.75) is 25.6 Å². The molecule has 1 saturated heterocycles. The third kappa shape index (κ3) is 3.17. The van der Waals surface area contributed by atoms with Crippen LogP contribution in [0.3, 0.4) is 0 Å². The molecule has 2 aromatic carbocycles. The Labute approximate surface area is 186 Å². The lowest BCUT2D eigenvalue weighted by Crippen LogP contribution is -2.72. The zero-order valence-electron chi connectivity index (χ0n) is 17.3. The third-order valence-corrected chi connectivity index (χ3v) is 6.13. The van der Waals surface area contributed by atoms with E-state index >= 15 is 0 Å². The number of hydrogen-bond acceptors (Lipinski definition) is 4. The predicted octanol–water partition coefficient (Wildman–Crippen LogP) is 3.99. The number of rotatable bonds is 4. The number of carbonyl (C=O) groups is 1. The fraction of sp³-hybridized carbons (Fsp3) is 0.364. The van der Waals surface area contributed by atoms with Crippen molar-refractivity contribution in [3.05, 3.63) is 53.1 Å². The molecule has 1 fully saturated rings. The zero-order chi connectivity index (χ0) is 21.6. The molecule has 158 valence electrons. The van der Waals surface area contributed by atoms with Crippen molar-refractivity contribution in [2.24, 2.45) is 5.92 Å². The molecule has 2 bridgehead atoms. The van der Waals surface area contributed by atoms with Crippen LogP contribution in [0, 0.1) is 5.92 Å². The zero-order valence-corrected chi connectivity index (χ0v) is 18.9. The largest absolute Gasteiger partial charge is 0.490 e. The standard InChI is InChI=1S/C22H24ClN3O3S/c1-5-28-16-8-6-7-15-18-17(20(27)25(3)4)22(2,29-19(15)16)26(21(30)24-18)14-11-9-13(23)10-12-14/h6-12,17-18H,5H2,1-4H3,(H,24,30). The molecule has 6 nitrogen and oxygen atoms in total. The van der Waals surface area contributed by atoms with Crippen LogP contribution in [0.5, 0.6) is 11.5 Å². The summed E-state index contributed by atoms with van der Waals surface area (Å²) in [4.78, 5) is 16.8. The van der Waals surface area contributed by atoms with E-state index in [1.165, 1.54) is 0 Å². The molecule has 30 heavy (non-hydrogen) atoms. The average molecular weight is 446 g/mol. The molecule has 2 aromatic rings. The van der Waals surface area contributed by atoms with Gasteiger partial charge in [0.15, 0.2) is 22.3 Å². The van der Waals surface area contributed by atoms with Crippen LogP contribution in [-0.4, -0.2) is 42.3 Å². The molecule has 3 unspecified atom stereocenters. The maximum absolute atomic E-state index is 13.4. The summed E-state index contributed by atoms with van der Waals surface area (Å²) in [7, 11) is 3.50. The number of halogens is 1. The van der Waals surface area contributed by atoms with Crippen LogP contribution in [0.4, 0.5) is 5.69 Å². The molecule has 3 atom stereocenters. The van der Waals surface area contributed by atoms with E-state index < -0.39 is 11.6 Å². The average Bonchev–Trinajstić information content (AvgIpc) is 2.69. The van der Waals surface area contributed by atoms with Gasteiger partial charge in [-0.05, 0) is 56.4 Å². The lowest BCUT2D eigenvalue weighted by atomic mass is 9.78. The van der Waals surface area contributed by atoms with Gasteiger partial charge in [-0.15, -0.1) is 0 Å². The molecule has 0 radical (unpaired) electrons. The maximum atomic E-state index is 13.4. The van der Waals surface area contributed by atoms with Crippen LogP contribution in [-0.2, 0) is 4.79 Å². The Hall–Kier alpha value is -2.51. The number of anilines is 1. The van der Waals surface area contributed by atoms with E-state index in [9.17, 15) is 4.79 Å². The first-order valence-corrected chi connectivity index (χ1v) is 10.6. The highest BCUT2D eigenvalue weighted by atomic mass is 35.5. The third-order valence-electron chi connectivity index (χ3n) is 5.58.